The molecule has 4 aromatic rings. The molecule has 11 nitrogen and oxygen atoms in total. The van der Waals surface area contributed by atoms with Gasteiger partial charge in [0.15, 0.2) is 11.5 Å². The molecule has 0 spiro atoms. The molecule has 0 saturated heterocycles. The van der Waals surface area contributed by atoms with Crippen LogP contribution in [-0.4, -0.2) is 70.5 Å². The normalized spacial score (nSPS) is 19.9. The molecule has 238 valence electrons. The van der Waals surface area contributed by atoms with Crippen molar-refractivity contribution < 1.29 is 43.2 Å². The van der Waals surface area contributed by atoms with Crippen LogP contribution in [0.3, 0.4) is 0 Å². The minimum absolute atomic E-state index is 0.0789. The third-order valence-electron chi connectivity index (χ3n) is 8.29. The molecule has 46 heavy (non-hydrogen) atoms. The largest absolute Gasteiger partial charge is 0.493 e. The number of halogens is 1. The minimum Gasteiger partial charge on any atom is -0.493 e. The van der Waals surface area contributed by atoms with Crippen LogP contribution in [0.4, 0.5) is 4.39 Å². The van der Waals surface area contributed by atoms with Gasteiger partial charge in [-0.25, -0.2) is 9.18 Å². The highest BCUT2D eigenvalue weighted by atomic mass is 19.1. The summed E-state index contributed by atoms with van der Waals surface area (Å²) < 4.78 is 32.2. The molecular formula is C34H31FN2O9. The van der Waals surface area contributed by atoms with Gasteiger partial charge in [-0.3, -0.25) is 9.59 Å². The predicted octanol–water partition coefficient (Wildman–Crippen LogP) is 2.40. The summed E-state index contributed by atoms with van der Waals surface area (Å²) in [6, 6.07) is 15.7. The molecule has 3 aromatic carbocycles. The van der Waals surface area contributed by atoms with Crippen LogP contribution in [0.15, 0.2) is 87.6 Å². The van der Waals surface area contributed by atoms with Gasteiger partial charge >= 0.3 is 5.63 Å². The number of amides is 2. The highest BCUT2D eigenvalue weighted by Gasteiger charge is 2.51. The predicted molar refractivity (Wildman–Crippen MR) is 163 cm³/mol. The fraction of sp³-hybridized carbons (Fsp3) is 0.265. The third-order valence-corrected chi connectivity index (χ3v) is 8.29. The van der Waals surface area contributed by atoms with Crippen LogP contribution < -0.4 is 20.4 Å². The minimum atomic E-state index is -1.49. The smallest absolute Gasteiger partial charge is 0.349 e. The van der Waals surface area contributed by atoms with Crippen molar-refractivity contribution in [2.24, 2.45) is 0 Å². The number of methoxy groups -OCH3 is 1. The number of hydrogen-bond acceptors (Lipinski definition) is 9. The highest BCUT2D eigenvalue weighted by molar-refractivity contribution is 5.98. The number of aliphatic hydroxyl groups excluding tert-OH is 3. The lowest BCUT2D eigenvalue weighted by Crippen LogP contribution is -2.56. The molecule has 1 aromatic heterocycles. The first-order chi connectivity index (χ1) is 22.2. The van der Waals surface area contributed by atoms with E-state index in [9.17, 15) is 29.7 Å². The van der Waals surface area contributed by atoms with Gasteiger partial charge in [0.1, 0.15) is 29.2 Å². The van der Waals surface area contributed by atoms with Crippen LogP contribution in [0.2, 0.25) is 0 Å². The van der Waals surface area contributed by atoms with Gasteiger partial charge in [-0.15, -0.1) is 0 Å². The summed E-state index contributed by atoms with van der Waals surface area (Å²) in [5.41, 5.74) is 0.127. The van der Waals surface area contributed by atoms with Crippen molar-refractivity contribution in [3.05, 3.63) is 117 Å². The van der Waals surface area contributed by atoms with Crippen LogP contribution in [0, 0.1) is 5.82 Å². The molecule has 1 aliphatic heterocycles. The molecule has 0 bridgehead atoms. The maximum absolute atomic E-state index is 15.0. The van der Waals surface area contributed by atoms with E-state index in [4.69, 9.17) is 13.9 Å². The molecule has 0 fully saturated rings. The number of carbonyl (C=O) groups is 2. The lowest BCUT2D eigenvalue weighted by molar-refractivity contribution is -0.118. The topological polar surface area (TPSA) is 159 Å². The Morgan fingerprint density at radius 2 is 1.83 bits per heavy atom. The molecule has 12 heteroatoms. The second-order valence-corrected chi connectivity index (χ2v) is 11.0. The van der Waals surface area contributed by atoms with Gasteiger partial charge in [0, 0.05) is 35.2 Å². The first-order valence-electron chi connectivity index (χ1n) is 14.6. The van der Waals surface area contributed by atoms with E-state index < -0.39 is 47.4 Å². The number of carbonyl (C=O) groups excluding carboxylic acids is 2. The van der Waals surface area contributed by atoms with Crippen LogP contribution in [0.1, 0.15) is 33.0 Å². The average molecular weight is 631 g/mol. The molecule has 4 N–H and O–H groups in total. The lowest BCUT2D eigenvalue weighted by atomic mass is 9.77. The van der Waals surface area contributed by atoms with E-state index in [1.54, 1.807) is 42.5 Å². The lowest BCUT2D eigenvalue weighted by Gasteiger charge is -2.40. The van der Waals surface area contributed by atoms with Crippen LogP contribution in [0.25, 0.3) is 11.0 Å². The molecular weight excluding hydrogens is 599 g/mol. The molecule has 0 radical (unpaired) electrons. The molecule has 2 amide bonds. The molecule has 0 saturated carbocycles. The maximum atomic E-state index is 15.0. The number of fused-ring (bicyclic) bond motifs is 4. The highest BCUT2D eigenvalue weighted by Crippen LogP contribution is 2.51. The summed E-state index contributed by atoms with van der Waals surface area (Å²) in [6.45, 7) is -1.14. The Morgan fingerprint density at radius 1 is 1.07 bits per heavy atom. The van der Waals surface area contributed by atoms with Gasteiger partial charge in [0.05, 0.1) is 32.3 Å². The van der Waals surface area contributed by atoms with E-state index in [1.807, 2.05) is 0 Å². The van der Waals surface area contributed by atoms with Crippen molar-refractivity contribution in [2.45, 2.75) is 37.3 Å². The first kappa shape index (κ1) is 31.0. The van der Waals surface area contributed by atoms with Crippen LogP contribution in [-0.2, 0) is 17.9 Å². The molecule has 6 rings (SSSR count). The van der Waals surface area contributed by atoms with Crippen molar-refractivity contribution in [3.8, 4) is 11.5 Å². The van der Waals surface area contributed by atoms with Crippen molar-refractivity contribution in [1.82, 2.24) is 10.2 Å². The van der Waals surface area contributed by atoms with Crippen molar-refractivity contribution >= 4 is 22.8 Å². The van der Waals surface area contributed by atoms with Gasteiger partial charge in [-0.05, 0) is 42.0 Å². The monoisotopic (exact) mass is 630 g/mol. The van der Waals surface area contributed by atoms with E-state index >= 15 is 4.39 Å². The summed E-state index contributed by atoms with van der Waals surface area (Å²) in [7, 11) is 1.41. The fourth-order valence-corrected chi connectivity index (χ4v) is 6.11. The quantitative estimate of drug-likeness (QED) is 0.204. The number of hydrogen-bond donors (Lipinski definition) is 4. The van der Waals surface area contributed by atoms with E-state index in [2.05, 4.69) is 5.32 Å². The summed E-state index contributed by atoms with van der Waals surface area (Å²) in [5.74, 6) is -2.44. The standard InChI is InChI=1S/C34H31FN2O9/c1-44-27-13-18(17-39)12-21-28-22(32(41)36-10-11-38)15-25(29(40)31(28)46-30(21)27)37(16-20-7-2-4-8-24(20)35)33(42)23-14-19-6-3-5-9-26(19)45-34(23)43/h2-9,12-15,25,28-29,31,38-40H,10-11,16-17H2,1H3,(H,36,41)/t25-,28+,29+,31+/m1/s1. The number of nitrogens with zero attached hydrogens (tertiary/aromatic N) is 1. The second-order valence-electron chi connectivity index (χ2n) is 11.0. The Balaban J connectivity index is 1.51. The number of rotatable bonds is 9. The van der Waals surface area contributed by atoms with Gasteiger partial charge in [-0.2, -0.15) is 0 Å². The molecule has 4 atom stereocenters. The fourth-order valence-electron chi connectivity index (χ4n) is 6.11. The van der Waals surface area contributed by atoms with E-state index in [0.29, 0.717) is 16.5 Å². The number of aliphatic hydroxyl groups is 3. The van der Waals surface area contributed by atoms with Gasteiger partial charge in [0.2, 0.25) is 5.91 Å². The second kappa shape index (κ2) is 12.8. The number of para-hydroxylation sites is 1. The molecule has 2 heterocycles. The van der Waals surface area contributed by atoms with Gasteiger partial charge in [0.25, 0.3) is 5.91 Å². The summed E-state index contributed by atoms with van der Waals surface area (Å²) in [4.78, 5) is 42.1. The zero-order valence-electron chi connectivity index (χ0n) is 24.7. The number of benzene rings is 3. The van der Waals surface area contributed by atoms with Crippen LogP contribution >= 0.6 is 0 Å². The Hall–Kier alpha value is -5.04. The Kier molecular flexibility index (Phi) is 8.59. The first-order valence-corrected chi connectivity index (χ1v) is 14.6. The molecule has 1 aliphatic carbocycles. The molecule has 2 aliphatic rings. The zero-order valence-corrected chi connectivity index (χ0v) is 24.7. The third kappa shape index (κ3) is 5.51. The summed E-state index contributed by atoms with van der Waals surface area (Å²) >= 11 is 0. The average Bonchev–Trinajstić information content (AvgIpc) is 3.46. The number of ether oxygens (including phenoxy) is 2. The van der Waals surface area contributed by atoms with Gasteiger partial charge < -0.3 is 39.4 Å². The van der Waals surface area contributed by atoms with Crippen molar-refractivity contribution in [3.63, 3.8) is 0 Å². The Bertz CT molecular complexity index is 1910. The van der Waals surface area contributed by atoms with E-state index in [-0.39, 0.29) is 60.1 Å². The van der Waals surface area contributed by atoms with Crippen molar-refractivity contribution in [2.75, 3.05) is 20.3 Å². The van der Waals surface area contributed by atoms with Gasteiger partial charge in [-0.1, -0.05) is 36.4 Å². The van der Waals surface area contributed by atoms with E-state index in [1.165, 1.54) is 37.5 Å². The Morgan fingerprint density at radius 3 is 2.57 bits per heavy atom. The summed E-state index contributed by atoms with van der Waals surface area (Å²) in [5, 5.41) is 34.3. The SMILES string of the molecule is COc1cc(CO)cc2c1O[C@@H]1[C@@H](O)[C@H](N(Cc3ccccc3F)C(=O)c3cc4ccccc4oc3=O)C=C(C(=O)NCCO)[C@H]21. The number of nitrogens with one attached hydrogen (secondary N) is 1. The van der Waals surface area contributed by atoms with Crippen LogP contribution in [0.5, 0.6) is 11.5 Å². The molecule has 0 unspecified atom stereocenters. The maximum Gasteiger partial charge on any atom is 0.349 e. The summed E-state index contributed by atoms with van der Waals surface area (Å²) in [6.07, 6.45) is -1.22. The van der Waals surface area contributed by atoms with Crippen molar-refractivity contribution in [1.29, 1.82) is 0 Å². The Labute approximate surface area is 262 Å². The zero-order chi connectivity index (χ0) is 32.5. The van der Waals surface area contributed by atoms with E-state index in [0.717, 1.165) is 4.90 Å².